The van der Waals surface area contributed by atoms with Gasteiger partial charge in [0.15, 0.2) is 0 Å². The lowest BCUT2D eigenvalue weighted by molar-refractivity contribution is 0.0952. The number of hydrogen-bond acceptors (Lipinski definition) is 2. The topological polar surface area (TPSA) is 37.3 Å². The Bertz CT molecular complexity index is 529. The molecule has 0 bridgehead atoms. The highest BCUT2D eigenvalue weighted by Crippen LogP contribution is 2.06. The van der Waals surface area contributed by atoms with E-state index in [1.54, 1.807) is 0 Å². The minimum absolute atomic E-state index is 0.0199. The van der Waals surface area contributed by atoms with Crippen molar-refractivity contribution in [1.82, 2.24) is 14.8 Å². The second-order valence-corrected chi connectivity index (χ2v) is 5.11. The van der Waals surface area contributed by atoms with Gasteiger partial charge in [-0.25, -0.2) is 0 Å². The van der Waals surface area contributed by atoms with Gasteiger partial charge in [0, 0.05) is 37.6 Å². The van der Waals surface area contributed by atoms with Crippen molar-refractivity contribution < 1.29 is 4.79 Å². The summed E-state index contributed by atoms with van der Waals surface area (Å²) in [5, 5.41) is 2.93. The molecule has 1 aromatic heterocycles. The Balaban J connectivity index is 1.82. The van der Waals surface area contributed by atoms with E-state index in [1.165, 1.54) is 5.56 Å². The molecular weight excluding hydrogens is 250 g/mol. The lowest BCUT2D eigenvalue weighted by Gasteiger charge is -2.10. The third kappa shape index (κ3) is 4.24. The molecule has 2 aromatic rings. The zero-order valence-corrected chi connectivity index (χ0v) is 12.0. The van der Waals surface area contributed by atoms with E-state index in [2.05, 4.69) is 10.2 Å². The molecule has 0 aliphatic carbocycles. The first-order valence-corrected chi connectivity index (χ1v) is 6.78. The minimum atomic E-state index is -0.0199. The molecular formula is C16H21N3O. The molecule has 106 valence electrons. The number of hydrogen-bond donors (Lipinski definition) is 1. The van der Waals surface area contributed by atoms with Crippen LogP contribution in [0.4, 0.5) is 0 Å². The van der Waals surface area contributed by atoms with Crippen LogP contribution in [-0.2, 0) is 13.1 Å². The van der Waals surface area contributed by atoms with Crippen LogP contribution in [0.25, 0.3) is 0 Å². The molecule has 0 saturated heterocycles. The van der Waals surface area contributed by atoms with Crippen molar-refractivity contribution in [2.45, 2.75) is 13.1 Å². The normalized spacial score (nSPS) is 10.8. The van der Waals surface area contributed by atoms with Crippen LogP contribution in [0.3, 0.4) is 0 Å². The van der Waals surface area contributed by atoms with E-state index in [0.717, 1.165) is 13.1 Å². The van der Waals surface area contributed by atoms with E-state index in [9.17, 15) is 4.79 Å². The molecule has 20 heavy (non-hydrogen) atoms. The monoisotopic (exact) mass is 271 g/mol. The van der Waals surface area contributed by atoms with Gasteiger partial charge in [0.05, 0.1) is 0 Å². The van der Waals surface area contributed by atoms with Gasteiger partial charge >= 0.3 is 0 Å². The van der Waals surface area contributed by atoms with E-state index < -0.39 is 0 Å². The van der Waals surface area contributed by atoms with Crippen LogP contribution >= 0.6 is 0 Å². The Hall–Kier alpha value is -2.07. The Morgan fingerprint density at radius 3 is 2.40 bits per heavy atom. The van der Waals surface area contributed by atoms with Crippen LogP contribution in [0.15, 0.2) is 48.8 Å². The number of rotatable bonds is 6. The average molecular weight is 271 g/mol. The van der Waals surface area contributed by atoms with E-state index in [-0.39, 0.29) is 5.91 Å². The van der Waals surface area contributed by atoms with Gasteiger partial charge in [0.1, 0.15) is 0 Å². The highest BCUT2D eigenvalue weighted by atomic mass is 16.1. The second kappa shape index (κ2) is 6.91. The van der Waals surface area contributed by atoms with Gasteiger partial charge in [-0.1, -0.05) is 12.1 Å². The zero-order valence-electron chi connectivity index (χ0n) is 12.0. The molecule has 4 heteroatoms. The molecule has 1 N–H and O–H groups in total. The maximum atomic E-state index is 12.0. The van der Waals surface area contributed by atoms with Crippen molar-refractivity contribution in [3.05, 3.63) is 59.9 Å². The quantitative estimate of drug-likeness (QED) is 0.872. The van der Waals surface area contributed by atoms with Crippen LogP contribution in [0.5, 0.6) is 0 Å². The van der Waals surface area contributed by atoms with E-state index in [4.69, 9.17) is 0 Å². The smallest absolute Gasteiger partial charge is 0.251 e. The molecule has 0 aliphatic heterocycles. The average Bonchev–Trinajstić information content (AvgIpc) is 2.92. The predicted octanol–water partition coefficient (Wildman–Crippen LogP) is 1.98. The molecule has 1 amide bonds. The van der Waals surface area contributed by atoms with Crippen molar-refractivity contribution in [3.63, 3.8) is 0 Å². The number of benzene rings is 1. The summed E-state index contributed by atoms with van der Waals surface area (Å²) in [6.07, 6.45) is 3.98. The van der Waals surface area contributed by atoms with Gasteiger partial charge in [-0.3, -0.25) is 4.79 Å². The van der Waals surface area contributed by atoms with Crippen molar-refractivity contribution in [2.75, 3.05) is 20.6 Å². The first-order chi connectivity index (χ1) is 9.65. The fraction of sp³-hybridized carbons (Fsp3) is 0.312. The number of carbonyl (C=O) groups is 1. The summed E-state index contributed by atoms with van der Waals surface area (Å²) in [5.74, 6) is -0.0199. The van der Waals surface area contributed by atoms with Crippen LogP contribution < -0.4 is 5.32 Å². The van der Waals surface area contributed by atoms with E-state index >= 15 is 0 Å². The largest absolute Gasteiger partial charge is 0.353 e. The number of nitrogens with one attached hydrogen (secondary N) is 1. The summed E-state index contributed by atoms with van der Waals surface area (Å²) in [7, 11) is 4.06. The molecule has 4 nitrogen and oxygen atoms in total. The molecule has 0 aliphatic rings. The first kappa shape index (κ1) is 14.3. The SMILES string of the molecule is CN(C)Cc1ccc(C(=O)NCCn2cccc2)cc1. The van der Waals surface area contributed by atoms with Gasteiger partial charge in [0.25, 0.3) is 5.91 Å². The lowest BCUT2D eigenvalue weighted by Crippen LogP contribution is -2.26. The number of carbonyl (C=O) groups excluding carboxylic acids is 1. The summed E-state index contributed by atoms with van der Waals surface area (Å²) in [4.78, 5) is 14.1. The van der Waals surface area contributed by atoms with E-state index in [1.807, 2.05) is 67.5 Å². The zero-order chi connectivity index (χ0) is 14.4. The molecule has 2 rings (SSSR count). The summed E-state index contributed by atoms with van der Waals surface area (Å²) < 4.78 is 2.04. The molecule has 0 radical (unpaired) electrons. The number of aromatic nitrogens is 1. The molecule has 0 fully saturated rings. The van der Waals surface area contributed by atoms with Crippen LogP contribution in [0.1, 0.15) is 15.9 Å². The Kier molecular flexibility index (Phi) is 4.96. The maximum Gasteiger partial charge on any atom is 0.251 e. The van der Waals surface area contributed by atoms with Crippen LogP contribution in [0, 0.1) is 0 Å². The molecule has 0 spiro atoms. The van der Waals surface area contributed by atoms with Gasteiger partial charge in [-0.2, -0.15) is 0 Å². The highest BCUT2D eigenvalue weighted by Gasteiger charge is 2.04. The van der Waals surface area contributed by atoms with Crippen LogP contribution in [-0.4, -0.2) is 36.0 Å². The summed E-state index contributed by atoms with van der Waals surface area (Å²) in [5.41, 5.74) is 1.92. The molecule has 0 atom stereocenters. The summed E-state index contributed by atoms with van der Waals surface area (Å²) >= 11 is 0. The second-order valence-electron chi connectivity index (χ2n) is 5.11. The van der Waals surface area contributed by atoms with Crippen molar-refractivity contribution in [3.8, 4) is 0 Å². The fourth-order valence-corrected chi connectivity index (χ4v) is 2.05. The Morgan fingerprint density at radius 1 is 1.15 bits per heavy atom. The van der Waals surface area contributed by atoms with Crippen LogP contribution in [0.2, 0.25) is 0 Å². The van der Waals surface area contributed by atoms with Gasteiger partial charge in [-0.15, -0.1) is 0 Å². The molecule has 0 unspecified atom stereocenters. The van der Waals surface area contributed by atoms with Gasteiger partial charge < -0.3 is 14.8 Å². The molecule has 1 aromatic carbocycles. The predicted molar refractivity (Wildman–Crippen MR) is 80.6 cm³/mol. The standard InChI is InChI=1S/C16H21N3O/c1-18(2)13-14-5-7-15(8-6-14)16(20)17-9-12-19-10-3-4-11-19/h3-8,10-11H,9,12-13H2,1-2H3,(H,17,20). The molecule has 0 saturated carbocycles. The molecule has 1 heterocycles. The van der Waals surface area contributed by atoms with Crippen molar-refractivity contribution in [1.29, 1.82) is 0 Å². The van der Waals surface area contributed by atoms with E-state index in [0.29, 0.717) is 12.1 Å². The Morgan fingerprint density at radius 2 is 1.80 bits per heavy atom. The summed E-state index contributed by atoms with van der Waals surface area (Å²) in [6, 6.07) is 11.7. The van der Waals surface area contributed by atoms with Gasteiger partial charge in [0.2, 0.25) is 0 Å². The first-order valence-electron chi connectivity index (χ1n) is 6.78. The summed E-state index contributed by atoms with van der Waals surface area (Å²) in [6.45, 7) is 2.31. The minimum Gasteiger partial charge on any atom is -0.353 e. The maximum absolute atomic E-state index is 12.0. The van der Waals surface area contributed by atoms with Gasteiger partial charge in [-0.05, 0) is 43.9 Å². The number of amides is 1. The lowest BCUT2D eigenvalue weighted by atomic mass is 10.1. The third-order valence-corrected chi connectivity index (χ3v) is 3.04. The fourth-order valence-electron chi connectivity index (χ4n) is 2.05. The Labute approximate surface area is 120 Å². The highest BCUT2D eigenvalue weighted by molar-refractivity contribution is 5.94. The van der Waals surface area contributed by atoms with Crippen molar-refractivity contribution in [2.24, 2.45) is 0 Å². The number of nitrogens with zero attached hydrogens (tertiary/aromatic N) is 2. The third-order valence-electron chi connectivity index (χ3n) is 3.04. The van der Waals surface area contributed by atoms with Crippen molar-refractivity contribution >= 4 is 5.91 Å².